The number of unbranched alkanes of at least 4 members (excludes halogenated alkanes) is 3. The Morgan fingerprint density at radius 2 is 2.00 bits per heavy atom. The summed E-state index contributed by atoms with van der Waals surface area (Å²) < 4.78 is 4.90. The lowest BCUT2D eigenvalue weighted by Crippen LogP contribution is -2.17. The third-order valence-corrected chi connectivity index (χ3v) is 1.71. The predicted octanol–water partition coefficient (Wildman–Crippen LogP) is 1.83. The third kappa shape index (κ3) is 9.78. The molecule has 4 heteroatoms. The molecule has 0 aliphatic heterocycles. The summed E-state index contributed by atoms with van der Waals surface area (Å²) in [6.45, 7) is 1.56. The summed E-state index contributed by atoms with van der Waals surface area (Å²) in [5, 5.41) is 2.39. The number of hydrogen-bond donors (Lipinski definition) is 2. The Hall–Kier alpha value is -0.220. The molecule has 1 amide bonds. The van der Waals surface area contributed by atoms with Crippen LogP contribution in [0.4, 0.5) is 4.79 Å². The number of ether oxygens (including phenoxy) is 1. The van der Waals surface area contributed by atoms with E-state index in [9.17, 15) is 4.79 Å². The SMILES string of the molecule is COCCCCCCNC(=O)S. The first-order chi connectivity index (χ1) is 5.77. The van der Waals surface area contributed by atoms with E-state index >= 15 is 0 Å². The second kappa shape index (κ2) is 8.87. The van der Waals surface area contributed by atoms with Crippen molar-refractivity contribution in [2.45, 2.75) is 25.7 Å². The van der Waals surface area contributed by atoms with Gasteiger partial charge in [0.05, 0.1) is 0 Å². The van der Waals surface area contributed by atoms with E-state index in [0.717, 1.165) is 38.8 Å². The Morgan fingerprint density at radius 1 is 1.33 bits per heavy atom. The third-order valence-electron chi connectivity index (χ3n) is 1.55. The van der Waals surface area contributed by atoms with Crippen LogP contribution in [0.3, 0.4) is 0 Å². The zero-order valence-electron chi connectivity index (χ0n) is 7.51. The minimum atomic E-state index is -0.244. The first-order valence-electron chi connectivity index (χ1n) is 4.23. The number of carbonyl (C=O) groups excluding carboxylic acids is 1. The highest BCUT2D eigenvalue weighted by Gasteiger charge is 1.91. The van der Waals surface area contributed by atoms with Gasteiger partial charge in [0.1, 0.15) is 0 Å². The van der Waals surface area contributed by atoms with Gasteiger partial charge in [-0.15, -0.1) is 0 Å². The second-order valence-corrected chi connectivity index (χ2v) is 3.05. The molecule has 0 aliphatic carbocycles. The van der Waals surface area contributed by atoms with E-state index in [1.807, 2.05) is 0 Å². The van der Waals surface area contributed by atoms with Gasteiger partial charge >= 0.3 is 0 Å². The van der Waals surface area contributed by atoms with Gasteiger partial charge in [0.25, 0.3) is 5.24 Å². The summed E-state index contributed by atoms with van der Waals surface area (Å²) in [5.74, 6) is 0. The van der Waals surface area contributed by atoms with Crippen molar-refractivity contribution in [2.75, 3.05) is 20.3 Å². The van der Waals surface area contributed by atoms with Crippen LogP contribution in [0.15, 0.2) is 0 Å². The van der Waals surface area contributed by atoms with E-state index in [1.54, 1.807) is 7.11 Å². The molecule has 0 fully saturated rings. The largest absolute Gasteiger partial charge is 0.385 e. The van der Waals surface area contributed by atoms with E-state index in [-0.39, 0.29) is 5.24 Å². The van der Waals surface area contributed by atoms with Crippen molar-refractivity contribution in [3.63, 3.8) is 0 Å². The molecule has 72 valence electrons. The standard InChI is InChI=1S/C8H17NO2S/c1-11-7-5-3-2-4-6-9-8(10)12/h2-7H2,1H3,(H2,9,10,12). The summed E-state index contributed by atoms with van der Waals surface area (Å²) in [6.07, 6.45) is 4.43. The molecule has 0 spiro atoms. The van der Waals surface area contributed by atoms with E-state index < -0.39 is 0 Å². The molecule has 0 aromatic rings. The first kappa shape index (κ1) is 11.8. The fourth-order valence-corrected chi connectivity index (χ4v) is 1.03. The number of thiol groups is 1. The van der Waals surface area contributed by atoms with Crippen molar-refractivity contribution in [2.24, 2.45) is 0 Å². The molecule has 1 N–H and O–H groups in total. The molecular weight excluding hydrogens is 174 g/mol. The summed E-state index contributed by atoms with van der Waals surface area (Å²) in [5.41, 5.74) is 0. The van der Waals surface area contributed by atoms with Crippen LogP contribution in [0.2, 0.25) is 0 Å². The van der Waals surface area contributed by atoms with Gasteiger partial charge in [-0.2, -0.15) is 0 Å². The fourth-order valence-electron chi connectivity index (χ4n) is 0.920. The Balaban J connectivity index is 2.86. The van der Waals surface area contributed by atoms with Crippen molar-refractivity contribution in [3.8, 4) is 0 Å². The van der Waals surface area contributed by atoms with E-state index in [2.05, 4.69) is 17.9 Å². The highest BCUT2D eigenvalue weighted by molar-refractivity contribution is 7.96. The molecule has 0 aromatic carbocycles. The quantitative estimate of drug-likeness (QED) is 0.476. The van der Waals surface area contributed by atoms with Crippen LogP contribution in [-0.4, -0.2) is 25.5 Å². The number of carbonyl (C=O) groups is 1. The van der Waals surface area contributed by atoms with Crippen molar-refractivity contribution in [3.05, 3.63) is 0 Å². The van der Waals surface area contributed by atoms with Gasteiger partial charge in [0.15, 0.2) is 0 Å². The fraction of sp³-hybridized carbons (Fsp3) is 0.875. The highest BCUT2D eigenvalue weighted by Crippen LogP contribution is 1.98. The van der Waals surface area contributed by atoms with Crippen molar-refractivity contribution in [1.29, 1.82) is 0 Å². The van der Waals surface area contributed by atoms with Gasteiger partial charge in [0.2, 0.25) is 0 Å². The maximum Gasteiger partial charge on any atom is 0.275 e. The van der Waals surface area contributed by atoms with E-state index in [4.69, 9.17) is 4.74 Å². The average molecular weight is 191 g/mol. The molecule has 0 aliphatic rings. The van der Waals surface area contributed by atoms with Crippen LogP contribution < -0.4 is 5.32 Å². The van der Waals surface area contributed by atoms with Gasteiger partial charge < -0.3 is 10.1 Å². The van der Waals surface area contributed by atoms with E-state index in [1.165, 1.54) is 0 Å². The van der Waals surface area contributed by atoms with Crippen molar-refractivity contribution < 1.29 is 9.53 Å². The van der Waals surface area contributed by atoms with Crippen molar-refractivity contribution >= 4 is 17.9 Å². The molecule has 3 nitrogen and oxygen atoms in total. The molecular formula is C8H17NO2S. The van der Waals surface area contributed by atoms with Gasteiger partial charge in [-0.3, -0.25) is 4.79 Å². The number of hydrogen-bond acceptors (Lipinski definition) is 2. The molecule has 0 aromatic heterocycles. The lowest BCUT2D eigenvalue weighted by molar-refractivity contribution is 0.192. The summed E-state index contributed by atoms with van der Waals surface area (Å²) in [4.78, 5) is 10.3. The molecule has 0 radical (unpaired) electrons. The van der Waals surface area contributed by atoms with Gasteiger partial charge in [-0.05, 0) is 12.8 Å². The van der Waals surface area contributed by atoms with Crippen LogP contribution >= 0.6 is 12.6 Å². The Bertz CT molecular complexity index is 120. The van der Waals surface area contributed by atoms with Gasteiger partial charge in [-0.1, -0.05) is 25.5 Å². The Kier molecular flexibility index (Phi) is 8.71. The van der Waals surface area contributed by atoms with Crippen molar-refractivity contribution in [1.82, 2.24) is 5.32 Å². The van der Waals surface area contributed by atoms with Crippen LogP contribution in [0.1, 0.15) is 25.7 Å². The zero-order valence-corrected chi connectivity index (χ0v) is 8.40. The topological polar surface area (TPSA) is 38.3 Å². The molecule has 0 saturated carbocycles. The average Bonchev–Trinajstić information content (AvgIpc) is 2.02. The lowest BCUT2D eigenvalue weighted by atomic mass is 10.2. The number of nitrogens with one attached hydrogen (secondary N) is 1. The van der Waals surface area contributed by atoms with E-state index in [0.29, 0.717) is 0 Å². The normalized spacial score (nSPS) is 9.83. The molecule has 0 atom stereocenters. The monoisotopic (exact) mass is 191 g/mol. The molecule has 0 saturated heterocycles. The van der Waals surface area contributed by atoms with Crippen LogP contribution in [0.25, 0.3) is 0 Å². The van der Waals surface area contributed by atoms with Crippen LogP contribution in [-0.2, 0) is 4.74 Å². The summed E-state index contributed by atoms with van der Waals surface area (Å²) in [6, 6.07) is 0. The van der Waals surface area contributed by atoms with Crippen LogP contribution in [0.5, 0.6) is 0 Å². The zero-order chi connectivity index (χ0) is 9.23. The first-order valence-corrected chi connectivity index (χ1v) is 4.68. The van der Waals surface area contributed by atoms with Gasteiger partial charge in [0, 0.05) is 20.3 Å². The van der Waals surface area contributed by atoms with Crippen LogP contribution in [0, 0.1) is 0 Å². The second-order valence-electron chi connectivity index (χ2n) is 2.64. The minimum Gasteiger partial charge on any atom is -0.385 e. The number of rotatable bonds is 7. The molecule has 0 rings (SSSR count). The molecule has 12 heavy (non-hydrogen) atoms. The lowest BCUT2D eigenvalue weighted by Gasteiger charge is -2.01. The Labute approximate surface area is 79.3 Å². The summed E-state index contributed by atoms with van der Waals surface area (Å²) >= 11 is 3.59. The summed E-state index contributed by atoms with van der Waals surface area (Å²) in [7, 11) is 1.71. The molecule has 0 heterocycles. The molecule has 0 unspecified atom stereocenters. The minimum absolute atomic E-state index is 0.244. The molecule has 0 bridgehead atoms. The maximum atomic E-state index is 10.3. The van der Waals surface area contributed by atoms with Gasteiger partial charge in [-0.25, -0.2) is 0 Å². The number of amides is 1. The predicted molar refractivity (Wildman–Crippen MR) is 52.7 cm³/mol. The number of methoxy groups -OCH3 is 1. The highest BCUT2D eigenvalue weighted by atomic mass is 32.1. The smallest absolute Gasteiger partial charge is 0.275 e. The Morgan fingerprint density at radius 3 is 2.58 bits per heavy atom. The maximum absolute atomic E-state index is 10.3.